The molecule has 85 heavy (non-hydrogen) atoms. The van der Waals surface area contributed by atoms with E-state index in [0.717, 1.165) is 12.0 Å². The lowest BCUT2D eigenvalue weighted by Gasteiger charge is -2.72. The zero-order valence-corrected chi connectivity index (χ0v) is 49.5. The standard InChI is InChI=1S/C58H94O27/c1-23-33-26-9-10-31-53(4)13-12-32(81-48-43(71)45(28(61)20-76-48)82-47-40(68)36(64)27(60)19-75-47)54(5,22-59)30(53)11-14-56(31,7)55(26,6)15-17-58(33,18-16-57(23,8)74)52(73)84-50-42(70)39(67)37(65)29(80-50)21-77-85-51-44(72)46(35(63)25(3)79-51)83-49-41(69)38(66)34(62)24(2)78-49/h9,23-25,27-51,59-72,74H,10-22H2,1-8H3/t23-,24+,25+,27-,28+,29-,30-,31-,32+,33+,34+,35+,36+,37-,38-,39+,40-,41-,42-,43-,44-,45+,46-,47+,48+,49+,50+,51+,53+,54+,55-,56-,57+,58-/m1/s1. The van der Waals surface area contributed by atoms with Gasteiger partial charge in [0, 0.05) is 11.3 Å². The first kappa shape index (κ1) is 66.1. The van der Waals surface area contributed by atoms with E-state index < -0.39 is 194 Å². The van der Waals surface area contributed by atoms with Gasteiger partial charge in [0.2, 0.25) is 12.6 Å². The number of fused-ring (bicyclic) bond motifs is 7. The third-order valence-electron chi connectivity index (χ3n) is 23.2. The Hall–Kier alpha value is -1.79. The van der Waals surface area contributed by atoms with E-state index in [1.165, 1.54) is 13.8 Å². The number of carbonyl (C=O) groups is 1. The summed E-state index contributed by atoms with van der Waals surface area (Å²) in [6, 6.07) is 0. The number of ether oxygens (including phenoxy) is 9. The summed E-state index contributed by atoms with van der Waals surface area (Å²) >= 11 is 0. The summed E-state index contributed by atoms with van der Waals surface area (Å²) in [4.78, 5) is 26.0. The van der Waals surface area contributed by atoms with Gasteiger partial charge in [-0.25, -0.2) is 9.78 Å². The monoisotopic (exact) mass is 1220 g/mol. The highest BCUT2D eigenvalue weighted by atomic mass is 17.2. The Morgan fingerprint density at radius 3 is 1.86 bits per heavy atom. The molecule has 0 aromatic heterocycles. The van der Waals surface area contributed by atoms with E-state index in [1.807, 2.05) is 13.8 Å². The Balaban J connectivity index is 0.826. The van der Waals surface area contributed by atoms with Crippen molar-refractivity contribution in [2.24, 2.45) is 50.7 Å². The fourth-order valence-electron chi connectivity index (χ4n) is 17.4. The van der Waals surface area contributed by atoms with E-state index in [1.54, 1.807) is 6.92 Å². The van der Waals surface area contributed by atoms with E-state index in [2.05, 4.69) is 26.8 Å². The second-order valence-corrected chi connectivity index (χ2v) is 27.8. The minimum atomic E-state index is -1.93. The molecule has 4 saturated carbocycles. The van der Waals surface area contributed by atoms with Crippen LogP contribution >= 0.6 is 0 Å². The SMILES string of the molecule is C[C@@H]1O[C@@H](O[C@@H]2[C@@H](O)[C@H](C)O[C@@H](OOC[C@H]3O[C@@H](OC(=O)[C@]45CC[C@](C)(O)[C@H](C)[C@H]4C4=CC[C@@H]6[C@@]7(C)CC[C@H](O[C@@H]8OC[C@H](O)[C@H](O[C@@H]9OC[C@@H](O)[C@H](O)[C@H]9O)[C@H]8O)[C@@](C)(CO)[C@@H]7CC[C@@]6(C)[C@]4(C)CC5)[C@H](O)[C@@H](O)[C@@H]3O)[C@@H]2O)[C@H](O)[C@H](O)[C@H]1O. The van der Waals surface area contributed by atoms with Gasteiger partial charge in [0.05, 0.1) is 49.1 Å². The third-order valence-corrected chi connectivity index (χ3v) is 23.2. The molecule has 5 saturated heterocycles. The molecule has 5 aliphatic heterocycles. The van der Waals surface area contributed by atoms with Crippen LogP contribution in [0.25, 0.3) is 0 Å². The van der Waals surface area contributed by atoms with Crippen LogP contribution in [0, 0.1) is 50.7 Å². The largest absolute Gasteiger partial charge is 0.432 e. The van der Waals surface area contributed by atoms with Gasteiger partial charge >= 0.3 is 5.97 Å². The van der Waals surface area contributed by atoms with Crippen molar-refractivity contribution in [3.63, 3.8) is 0 Å². The summed E-state index contributed by atoms with van der Waals surface area (Å²) in [6.45, 7) is 13.8. The van der Waals surface area contributed by atoms with Crippen molar-refractivity contribution in [2.75, 3.05) is 26.4 Å². The third kappa shape index (κ3) is 11.0. The van der Waals surface area contributed by atoms with Crippen molar-refractivity contribution >= 4 is 5.97 Å². The molecule has 27 nitrogen and oxygen atoms in total. The maximum Gasteiger partial charge on any atom is 0.315 e. The molecule has 0 radical (unpaired) electrons. The van der Waals surface area contributed by atoms with Crippen LogP contribution in [0.1, 0.15) is 113 Å². The second kappa shape index (κ2) is 24.4. The molecular formula is C58H94O27. The fourth-order valence-corrected chi connectivity index (χ4v) is 17.4. The maximum absolute atomic E-state index is 15.3. The quantitative estimate of drug-likeness (QED) is 0.0287. The lowest BCUT2D eigenvalue weighted by atomic mass is 9.33. The zero-order valence-electron chi connectivity index (χ0n) is 49.5. The number of aliphatic hydroxyl groups excluding tert-OH is 14. The van der Waals surface area contributed by atoms with Crippen LogP contribution in [0.5, 0.6) is 0 Å². The van der Waals surface area contributed by atoms with Crippen LogP contribution in [-0.4, -0.2) is 262 Å². The van der Waals surface area contributed by atoms with E-state index in [0.29, 0.717) is 38.5 Å². The van der Waals surface area contributed by atoms with Gasteiger partial charge in [-0.3, -0.25) is 4.79 Å². The average Bonchev–Trinajstić information content (AvgIpc) is 0.690. The predicted octanol–water partition coefficient (Wildman–Crippen LogP) is -3.00. The van der Waals surface area contributed by atoms with Crippen LogP contribution in [0.2, 0.25) is 0 Å². The van der Waals surface area contributed by atoms with Crippen molar-refractivity contribution in [1.82, 2.24) is 0 Å². The fraction of sp³-hybridized carbons (Fsp3) is 0.948. The molecule has 0 amide bonds. The van der Waals surface area contributed by atoms with Gasteiger partial charge in [-0.05, 0) is 113 Å². The first-order chi connectivity index (χ1) is 39.8. The van der Waals surface area contributed by atoms with Crippen molar-refractivity contribution in [2.45, 2.75) is 266 Å². The number of hydrogen-bond donors (Lipinski definition) is 15. The molecule has 10 aliphatic rings. The molecular weight excluding hydrogens is 1130 g/mol. The molecule has 0 unspecified atom stereocenters. The van der Waals surface area contributed by atoms with E-state index in [-0.39, 0.29) is 55.3 Å². The minimum Gasteiger partial charge on any atom is -0.432 e. The smallest absolute Gasteiger partial charge is 0.315 e. The first-order valence-electron chi connectivity index (χ1n) is 30.4. The summed E-state index contributed by atoms with van der Waals surface area (Å²) in [5.41, 5.74) is -3.50. The molecule has 0 spiro atoms. The summed E-state index contributed by atoms with van der Waals surface area (Å²) in [5.74, 6) is -1.77. The summed E-state index contributed by atoms with van der Waals surface area (Å²) in [7, 11) is 0. The van der Waals surface area contributed by atoms with Crippen LogP contribution < -0.4 is 0 Å². The van der Waals surface area contributed by atoms with Gasteiger partial charge < -0.3 is 119 Å². The van der Waals surface area contributed by atoms with Gasteiger partial charge in [0.15, 0.2) is 18.9 Å². The van der Waals surface area contributed by atoms with Crippen LogP contribution in [0.3, 0.4) is 0 Å². The summed E-state index contributed by atoms with van der Waals surface area (Å²) < 4.78 is 52.6. The van der Waals surface area contributed by atoms with Crippen LogP contribution in [0.4, 0.5) is 0 Å². The highest BCUT2D eigenvalue weighted by Gasteiger charge is 2.72. The molecule has 9 fully saturated rings. The molecule has 0 aromatic carbocycles. The Bertz CT molecular complexity index is 2370. The molecule has 5 aliphatic carbocycles. The molecule has 0 bridgehead atoms. The average molecular weight is 1220 g/mol. The van der Waals surface area contributed by atoms with Gasteiger partial charge in [0.25, 0.3) is 0 Å². The zero-order chi connectivity index (χ0) is 62.0. The number of aliphatic hydroxyl groups is 15. The van der Waals surface area contributed by atoms with E-state index in [9.17, 15) is 76.6 Å². The molecule has 5 heterocycles. The Labute approximate surface area is 493 Å². The van der Waals surface area contributed by atoms with Crippen molar-refractivity contribution in [3.8, 4) is 0 Å². The lowest BCUT2D eigenvalue weighted by Crippen LogP contribution is -2.68. The highest BCUT2D eigenvalue weighted by molar-refractivity contribution is 5.79. The Kier molecular flexibility index (Phi) is 18.9. The molecule has 488 valence electrons. The van der Waals surface area contributed by atoms with Crippen molar-refractivity contribution in [1.29, 1.82) is 0 Å². The van der Waals surface area contributed by atoms with Crippen molar-refractivity contribution in [3.05, 3.63) is 11.6 Å². The number of esters is 1. The Morgan fingerprint density at radius 2 is 1.16 bits per heavy atom. The van der Waals surface area contributed by atoms with Crippen LogP contribution in [-0.2, 0) is 57.2 Å². The predicted molar refractivity (Wildman–Crippen MR) is 284 cm³/mol. The van der Waals surface area contributed by atoms with E-state index >= 15 is 4.79 Å². The van der Waals surface area contributed by atoms with Gasteiger partial charge in [-0.1, -0.05) is 46.3 Å². The minimum absolute atomic E-state index is 0.0675. The van der Waals surface area contributed by atoms with E-state index in [4.69, 9.17) is 52.4 Å². The molecule has 0 aromatic rings. The number of rotatable bonds is 13. The van der Waals surface area contributed by atoms with Gasteiger partial charge in [-0.15, -0.1) is 0 Å². The van der Waals surface area contributed by atoms with Gasteiger partial charge in [0.1, 0.15) is 104 Å². The number of hydrogen-bond acceptors (Lipinski definition) is 27. The highest BCUT2D eigenvalue weighted by Crippen LogP contribution is 2.76. The molecule has 27 heteroatoms. The normalized spacial score (nSPS) is 56.4. The maximum atomic E-state index is 15.3. The van der Waals surface area contributed by atoms with Crippen LogP contribution in [0.15, 0.2) is 11.6 Å². The first-order valence-corrected chi connectivity index (χ1v) is 30.4. The molecule has 15 N–H and O–H groups in total. The summed E-state index contributed by atoms with van der Waals surface area (Å²) in [5, 5.41) is 164. The number of carbonyl (C=O) groups excluding carboxylic acids is 1. The second-order valence-electron chi connectivity index (χ2n) is 27.8. The van der Waals surface area contributed by atoms with Crippen molar-refractivity contribution < 1.29 is 134 Å². The topological polar surface area (TPSA) is 422 Å². The molecule has 34 atom stereocenters. The van der Waals surface area contributed by atoms with Gasteiger partial charge in [-0.2, -0.15) is 0 Å². The Morgan fingerprint density at radius 1 is 0.576 bits per heavy atom. The lowest BCUT2D eigenvalue weighted by molar-refractivity contribution is -0.440. The molecule has 10 rings (SSSR count). The number of allylic oxidation sites excluding steroid dienone is 2. The summed E-state index contributed by atoms with van der Waals surface area (Å²) in [6.07, 6.45) is -29.6.